The molecule has 1 aliphatic heterocycles. The first-order valence-corrected chi connectivity index (χ1v) is 4.04. The van der Waals surface area contributed by atoms with Crippen LogP contribution in [-0.2, 0) is 0 Å². The first kappa shape index (κ1) is 6.62. The number of nitrogens with one attached hydrogen (secondary N) is 1. The van der Waals surface area contributed by atoms with E-state index in [9.17, 15) is 0 Å². The van der Waals surface area contributed by atoms with Gasteiger partial charge in [-0.3, -0.25) is 0 Å². The standard InChI is InChI=1S/C8H15NO/c1-7-2-3-9-5-8(7,4-7)6-10/h9-10H,2-6H2,1H3/t7-,8-/m1/s1. The molecule has 0 spiro atoms. The summed E-state index contributed by atoms with van der Waals surface area (Å²) in [5.41, 5.74) is 0.748. The zero-order chi connectivity index (χ0) is 7.24. The second-order valence-electron chi connectivity index (χ2n) is 4.10. The van der Waals surface area contributed by atoms with Gasteiger partial charge in [-0.2, -0.15) is 0 Å². The van der Waals surface area contributed by atoms with Crippen molar-refractivity contribution in [3.05, 3.63) is 0 Å². The first-order valence-electron chi connectivity index (χ1n) is 4.04. The van der Waals surface area contributed by atoms with Gasteiger partial charge in [-0.05, 0) is 24.8 Å². The van der Waals surface area contributed by atoms with Crippen molar-refractivity contribution in [2.75, 3.05) is 19.7 Å². The largest absolute Gasteiger partial charge is 0.396 e. The lowest BCUT2D eigenvalue weighted by molar-refractivity contribution is 0.151. The minimum Gasteiger partial charge on any atom is -0.396 e. The van der Waals surface area contributed by atoms with Crippen LogP contribution in [-0.4, -0.2) is 24.8 Å². The van der Waals surface area contributed by atoms with Crippen LogP contribution in [0.25, 0.3) is 0 Å². The molecule has 1 aliphatic carbocycles. The average Bonchev–Trinajstić information content (AvgIpc) is 2.56. The van der Waals surface area contributed by atoms with Crippen LogP contribution < -0.4 is 5.32 Å². The van der Waals surface area contributed by atoms with Crippen molar-refractivity contribution in [1.82, 2.24) is 5.32 Å². The number of aliphatic hydroxyl groups excluding tert-OH is 1. The Hall–Kier alpha value is -0.0800. The fraction of sp³-hybridized carbons (Fsp3) is 1.00. The summed E-state index contributed by atoms with van der Waals surface area (Å²) < 4.78 is 0. The van der Waals surface area contributed by atoms with Crippen molar-refractivity contribution < 1.29 is 5.11 Å². The Morgan fingerprint density at radius 3 is 2.90 bits per heavy atom. The van der Waals surface area contributed by atoms with E-state index in [1.54, 1.807) is 0 Å². The molecule has 0 aromatic carbocycles. The molecule has 1 saturated carbocycles. The maximum Gasteiger partial charge on any atom is 0.0505 e. The van der Waals surface area contributed by atoms with E-state index in [0.717, 1.165) is 13.1 Å². The molecule has 2 aliphatic rings. The minimum absolute atomic E-state index is 0.269. The van der Waals surface area contributed by atoms with Gasteiger partial charge in [0.25, 0.3) is 0 Å². The van der Waals surface area contributed by atoms with Crippen LogP contribution in [0.15, 0.2) is 0 Å². The lowest BCUT2D eigenvalue weighted by Crippen LogP contribution is -2.37. The fourth-order valence-corrected chi connectivity index (χ4v) is 2.33. The Labute approximate surface area is 61.6 Å². The summed E-state index contributed by atoms with van der Waals surface area (Å²) >= 11 is 0. The molecule has 2 fully saturated rings. The Morgan fingerprint density at radius 1 is 1.60 bits per heavy atom. The molecule has 0 aromatic heterocycles. The van der Waals surface area contributed by atoms with E-state index in [2.05, 4.69) is 12.2 Å². The highest BCUT2D eigenvalue weighted by Crippen LogP contribution is 2.66. The summed E-state index contributed by atoms with van der Waals surface area (Å²) in [6, 6.07) is 0. The molecule has 0 aromatic rings. The van der Waals surface area contributed by atoms with Crippen molar-refractivity contribution >= 4 is 0 Å². The average molecular weight is 141 g/mol. The molecule has 0 radical (unpaired) electrons. The van der Waals surface area contributed by atoms with E-state index in [1.807, 2.05) is 0 Å². The number of rotatable bonds is 1. The Bertz CT molecular complexity index is 155. The van der Waals surface area contributed by atoms with Crippen molar-refractivity contribution in [3.8, 4) is 0 Å². The van der Waals surface area contributed by atoms with Crippen LogP contribution in [0.1, 0.15) is 19.8 Å². The molecule has 2 N–H and O–H groups in total. The second kappa shape index (κ2) is 1.74. The maximum absolute atomic E-state index is 9.12. The molecular weight excluding hydrogens is 126 g/mol. The molecule has 1 saturated heterocycles. The van der Waals surface area contributed by atoms with Crippen molar-refractivity contribution in [3.63, 3.8) is 0 Å². The van der Waals surface area contributed by atoms with E-state index in [4.69, 9.17) is 5.11 Å². The van der Waals surface area contributed by atoms with Crippen molar-refractivity contribution in [1.29, 1.82) is 0 Å². The van der Waals surface area contributed by atoms with E-state index in [0.29, 0.717) is 12.0 Å². The van der Waals surface area contributed by atoms with E-state index in [1.165, 1.54) is 12.8 Å². The summed E-state index contributed by atoms with van der Waals surface area (Å²) in [7, 11) is 0. The predicted octanol–water partition coefficient (Wildman–Crippen LogP) is 0.368. The van der Waals surface area contributed by atoms with Crippen LogP contribution in [0.4, 0.5) is 0 Å². The molecule has 2 nitrogen and oxygen atoms in total. The number of piperidine rings is 1. The summed E-state index contributed by atoms with van der Waals surface area (Å²) in [5.74, 6) is 0. The molecule has 10 heavy (non-hydrogen) atoms. The number of aliphatic hydroxyl groups is 1. The third kappa shape index (κ3) is 0.611. The van der Waals surface area contributed by atoms with Crippen LogP contribution >= 0.6 is 0 Å². The SMILES string of the molecule is C[C@]12CCNC[C@@]1(CO)C2. The van der Waals surface area contributed by atoms with Gasteiger partial charge >= 0.3 is 0 Å². The highest BCUT2D eigenvalue weighted by molar-refractivity contribution is 5.14. The fourth-order valence-electron chi connectivity index (χ4n) is 2.33. The Morgan fingerprint density at radius 2 is 2.40 bits per heavy atom. The van der Waals surface area contributed by atoms with Gasteiger partial charge in [0.05, 0.1) is 6.61 Å². The number of hydrogen-bond acceptors (Lipinski definition) is 2. The van der Waals surface area contributed by atoms with E-state index >= 15 is 0 Å². The molecule has 2 rings (SSSR count). The molecule has 2 heteroatoms. The zero-order valence-corrected chi connectivity index (χ0v) is 6.48. The summed E-state index contributed by atoms with van der Waals surface area (Å²) in [5, 5.41) is 12.5. The molecule has 1 heterocycles. The lowest BCUT2D eigenvalue weighted by atomic mass is 9.89. The van der Waals surface area contributed by atoms with Gasteiger partial charge in [-0.25, -0.2) is 0 Å². The van der Waals surface area contributed by atoms with Gasteiger partial charge in [0.2, 0.25) is 0 Å². The second-order valence-corrected chi connectivity index (χ2v) is 4.10. The maximum atomic E-state index is 9.12. The van der Waals surface area contributed by atoms with Gasteiger partial charge in [0, 0.05) is 12.0 Å². The third-order valence-electron chi connectivity index (χ3n) is 3.50. The Kier molecular flexibility index (Phi) is 1.15. The summed E-state index contributed by atoms with van der Waals surface area (Å²) in [6.45, 7) is 4.83. The quantitative estimate of drug-likeness (QED) is 0.553. The summed E-state index contributed by atoms with van der Waals surface area (Å²) in [6.07, 6.45) is 2.47. The predicted molar refractivity (Wildman–Crippen MR) is 39.7 cm³/mol. The van der Waals surface area contributed by atoms with Crippen molar-refractivity contribution in [2.45, 2.75) is 19.8 Å². The molecular formula is C8H15NO. The van der Waals surface area contributed by atoms with Crippen molar-refractivity contribution in [2.24, 2.45) is 10.8 Å². The van der Waals surface area contributed by atoms with Crippen LogP contribution in [0.2, 0.25) is 0 Å². The molecule has 58 valence electrons. The van der Waals surface area contributed by atoms with E-state index in [-0.39, 0.29) is 5.41 Å². The van der Waals surface area contributed by atoms with Crippen LogP contribution in [0, 0.1) is 10.8 Å². The zero-order valence-electron chi connectivity index (χ0n) is 6.48. The Balaban J connectivity index is 2.13. The number of fused-ring (bicyclic) bond motifs is 1. The first-order chi connectivity index (χ1) is 4.72. The monoisotopic (exact) mass is 141 g/mol. The topological polar surface area (TPSA) is 32.3 Å². The van der Waals surface area contributed by atoms with Gasteiger partial charge in [0.15, 0.2) is 0 Å². The van der Waals surface area contributed by atoms with Gasteiger partial charge in [-0.15, -0.1) is 0 Å². The molecule has 0 amide bonds. The molecule has 0 bridgehead atoms. The van der Waals surface area contributed by atoms with E-state index < -0.39 is 0 Å². The summed E-state index contributed by atoms with van der Waals surface area (Å²) in [4.78, 5) is 0. The third-order valence-corrected chi connectivity index (χ3v) is 3.50. The van der Waals surface area contributed by atoms with Crippen LogP contribution in [0.5, 0.6) is 0 Å². The molecule has 0 unspecified atom stereocenters. The highest BCUT2D eigenvalue weighted by Gasteiger charge is 2.64. The highest BCUT2D eigenvalue weighted by atomic mass is 16.3. The van der Waals surface area contributed by atoms with Gasteiger partial charge in [0.1, 0.15) is 0 Å². The lowest BCUT2D eigenvalue weighted by Gasteiger charge is -2.26. The smallest absolute Gasteiger partial charge is 0.0505 e. The molecule has 2 atom stereocenters. The van der Waals surface area contributed by atoms with Gasteiger partial charge < -0.3 is 10.4 Å². The van der Waals surface area contributed by atoms with Crippen LogP contribution in [0.3, 0.4) is 0 Å². The minimum atomic E-state index is 0.269. The van der Waals surface area contributed by atoms with Gasteiger partial charge in [-0.1, -0.05) is 6.92 Å². The number of hydrogen-bond donors (Lipinski definition) is 2. The normalized spacial score (nSPS) is 52.2.